The van der Waals surface area contributed by atoms with Crippen molar-refractivity contribution in [2.24, 2.45) is 0 Å². The number of hydrogen-bond acceptors (Lipinski definition) is 5. The van der Waals surface area contributed by atoms with E-state index in [9.17, 15) is 18.1 Å². The molecule has 0 radical (unpaired) electrons. The van der Waals surface area contributed by atoms with Gasteiger partial charge in [0.2, 0.25) is 10.0 Å². The smallest absolute Gasteiger partial charge is 0.240 e. The highest BCUT2D eigenvalue weighted by Gasteiger charge is 2.13. The second kappa shape index (κ2) is 8.55. The Labute approximate surface area is 169 Å². The molecule has 3 rings (SSSR count). The lowest BCUT2D eigenvalue weighted by atomic mass is 10.1. The lowest BCUT2D eigenvalue weighted by molar-refractivity contribution is 0.579. The fraction of sp³-hybridized carbons (Fsp3) is 0.238. The van der Waals surface area contributed by atoms with Gasteiger partial charge in [0.05, 0.1) is 16.0 Å². The van der Waals surface area contributed by atoms with Crippen LogP contribution in [0.2, 0.25) is 0 Å². The van der Waals surface area contributed by atoms with Crippen LogP contribution < -0.4 is 10.0 Å². The number of fused-ring (bicyclic) bond motifs is 1. The van der Waals surface area contributed by atoms with Gasteiger partial charge in [-0.3, -0.25) is 0 Å². The van der Waals surface area contributed by atoms with Gasteiger partial charge in [0.1, 0.15) is 17.7 Å². The first-order valence-electron chi connectivity index (χ1n) is 9.11. The van der Waals surface area contributed by atoms with Crippen LogP contribution in [-0.4, -0.2) is 26.5 Å². The molecule has 0 aliphatic rings. The second-order valence-electron chi connectivity index (χ2n) is 6.78. The van der Waals surface area contributed by atoms with Gasteiger partial charge in [-0.05, 0) is 62.2 Å². The molecule has 0 amide bonds. The molecule has 0 fully saturated rings. The summed E-state index contributed by atoms with van der Waals surface area (Å²) in [5.41, 5.74) is 3.40. The third-order valence-electron chi connectivity index (χ3n) is 4.44. The van der Waals surface area contributed by atoms with Gasteiger partial charge >= 0.3 is 0 Å². The summed E-state index contributed by atoms with van der Waals surface area (Å²) in [5, 5.41) is 13.5. The van der Waals surface area contributed by atoms with E-state index < -0.39 is 15.8 Å². The molecule has 150 valence electrons. The van der Waals surface area contributed by atoms with Gasteiger partial charge in [0.25, 0.3) is 0 Å². The summed E-state index contributed by atoms with van der Waals surface area (Å²) in [6.07, 6.45) is 0.484. The average molecular weight is 412 g/mol. The number of anilines is 1. The first kappa shape index (κ1) is 20.7. The number of sulfonamides is 1. The lowest BCUT2D eigenvalue weighted by Gasteiger charge is -2.11. The van der Waals surface area contributed by atoms with Crippen LogP contribution in [0.4, 0.5) is 10.2 Å². The molecule has 0 saturated heterocycles. The van der Waals surface area contributed by atoms with E-state index in [1.807, 2.05) is 32.0 Å². The number of benzene rings is 2. The molecule has 1 heterocycles. The van der Waals surface area contributed by atoms with Crippen molar-refractivity contribution in [2.45, 2.75) is 25.2 Å². The Bertz CT molecular complexity index is 1190. The standard InChI is InChI=1S/C21H21FN4O2S/c1-14-10-15(2)20-16(11-14)12-17(13-23)21(26-20)24-8-3-9-25-29(27,28)19-6-4-18(22)5-7-19/h4-7,10-12,25H,3,8-9H2,1-2H3,(H,24,26). The van der Waals surface area contributed by atoms with E-state index in [1.54, 1.807) is 0 Å². The minimum absolute atomic E-state index is 0.0144. The molecule has 3 aromatic rings. The Morgan fingerprint density at radius 1 is 1.10 bits per heavy atom. The van der Waals surface area contributed by atoms with Gasteiger partial charge in [-0.15, -0.1) is 0 Å². The van der Waals surface area contributed by atoms with Crippen LogP contribution in [0.3, 0.4) is 0 Å². The number of nitriles is 1. The highest BCUT2D eigenvalue weighted by molar-refractivity contribution is 7.89. The number of aryl methyl sites for hydroxylation is 2. The van der Waals surface area contributed by atoms with Crippen LogP contribution in [0.5, 0.6) is 0 Å². The largest absolute Gasteiger partial charge is 0.369 e. The van der Waals surface area contributed by atoms with E-state index in [1.165, 1.54) is 12.1 Å². The van der Waals surface area contributed by atoms with Crippen molar-refractivity contribution in [3.8, 4) is 6.07 Å². The van der Waals surface area contributed by atoms with E-state index >= 15 is 0 Å². The molecule has 29 heavy (non-hydrogen) atoms. The number of rotatable bonds is 7. The van der Waals surface area contributed by atoms with E-state index in [0.717, 1.165) is 34.2 Å². The zero-order chi connectivity index (χ0) is 21.0. The van der Waals surface area contributed by atoms with Crippen molar-refractivity contribution < 1.29 is 12.8 Å². The Morgan fingerprint density at radius 3 is 2.52 bits per heavy atom. The minimum Gasteiger partial charge on any atom is -0.369 e. The van der Waals surface area contributed by atoms with Gasteiger partial charge in [-0.2, -0.15) is 5.26 Å². The molecule has 2 aromatic carbocycles. The Kier molecular flexibility index (Phi) is 6.11. The van der Waals surface area contributed by atoms with Crippen molar-refractivity contribution >= 4 is 26.7 Å². The van der Waals surface area contributed by atoms with Gasteiger partial charge in [-0.25, -0.2) is 22.5 Å². The fourth-order valence-corrected chi connectivity index (χ4v) is 4.14. The molecular formula is C21H21FN4O2S. The average Bonchev–Trinajstić information content (AvgIpc) is 2.67. The zero-order valence-electron chi connectivity index (χ0n) is 16.2. The number of aromatic nitrogens is 1. The fourth-order valence-electron chi connectivity index (χ4n) is 3.07. The first-order valence-corrected chi connectivity index (χ1v) is 10.6. The summed E-state index contributed by atoms with van der Waals surface area (Å²) in [6, 6.07) is 12.6. The number of pyridine rings is 1. The van der Waals surface area contributed by atoms with Gasteiger partial charge in [-0.1, -0.05) is 11.6 Å². The summed E-state index contributed by atoms with van der Waals surface area (Å²) < 4.78 is 39.8. The monoisotopic (exact) mass is 412 g/mol. The van der Waals surface area contributed by atoms with Crippen LogP contribution >= 0.6 is 0 Å². The van der Waals surface area contributed by atoms with Crippen LogP contribution in [0.15, 0.2) is 47.4 Å². The third-order valence-corrected chi connectivity index (χ3v) is 5.91. The summed E-state index contributed by atoms with van der Waals surface area (Å²) in [4.78, 5) is 4.60. The van der Waals surface area contributed by atoms with Crippen LogP contribution in [0.1, 0.15) is 23.1 Å². The van der Waals surface area contributed by atoms with Crippen LogP contribution in [-0.2, 0) is 10.0 Å². The quantitative estimate of drug-likeness (QED) is 0.578. The van der Waals surface area contributed by atoms with Crippen LogP contribution in [0.25, 0.3) is 10.9 Å². The normalized spacial score (nSPS) is 11.4. The third kappa shape index (κ3) is 4.88. The Balaban J connectivity index is 1.62. The van der Waals surface area contributed by atoms with Gasteiger partial charge < -0.3 is 5.32 Å². The number of halogens is 1. The predicted octanol–water partition coefficient (Wildman–Crippen LogP) is 3.64. The molecule has 0 bridgehead atoms. The zero-order valence-corrected chi connectivity index (χ0v) is 17.0. The van der Waals surface area contributed by atoms with Crippen molar-refractivity contribution in [3.63, 3.8) is 0 Å². The summed E-state index contributed by atoms with van der Waals surface area (Å²) >= 11 is 0. The molecule has 0 aliphatic carbocycles. The molecular weight excluding hydrogens is 391 g/mol. The van der Waals surface area contributed by atoms with E-state index in [0.29, 0.717) is 24.3 Å². The number of hydrogen-bond donors (Lipinski definition) is 2. The first-order chi connectivity index (χ1) is 13.8. The van der Waals surface area contributed by atoms with Crippen molar-refractivity contribution in [1.82, 2.24) is 9.71 Å². The SMILES string of the molecule is Cc1cc(C)c2nc(NCCCNS(=O)(=O)c3ccc(F)cc3)c(C#N)cc2c1. The molecule has 0 saturated carbocycles. The van der Waals surface area contributed by atoms with Gasteiger partial charge in [0.15, 0.2) is 0 Å². The van der Waals surface area contributed by atoms with Crippen LogP contribution in [0, 0.1) is 31.0 Å². The summed E-state index contributed by atoms with van der Waals surface area (Å²) in [5.74, 6) is -0.0110. The molecule has 0 aliphatic heterocycles. The highest BCUT2D eigenvalue weighted by Crippen LogP contribution is 2.24. The molecule has 6 nitrogen and oxygen atoms in total. The maximum absolute atomic E-state index is 12.9. The van der Waals surface area contributed by atoms with E-state index in [4.69, 9.17) is 0 Å². The maximum Gasteiger partial charge on any atom is 0.240 e. The number of nitrogens with zero attached hydrogens (tertiary/aromatic N) is 2. The van der Waals surface area contributed by atoms with Gasteiger partial charge in [0, 0.05) is 18.5 Å². The molecule has 0 unspecified atom stereocenters. The highest BCUT2D eigenvalue weighted by atomic mass is 32.2. The van der Waals surface area contributed by atoms with Crippen molar-refractivity contribution in [2.75, 3.05) is 18.4 Å². The molecule has 8 heteroatoms. The Morgan fingerprint density at radius 2 is 1.83 bits per heavy atom. The molecule has 1 aromatic heterocycles. The van der Waals surface area contributed by atoms with E-state index in [2.05, 4.69) is 21.1 Å². The Hall–Kier alpha value is -3.02. The molecule has 2 N–H and O–H groups in total. The second-order valence-corrected chi connectivity index (χ2v) is 8.55. The predicted molar refractivity (Wildman–Crippen MR) is 111 cm³/mol. The maximum atomic E-state index is 12.9. The van der Waals surface area contributed by atoms with Crippen molar-refractivity contribution in [3.05, 3.63) is 65.0 Å². The molecule has 0 atom stereocenters. The number of nitrogens with one attached hydrogen (secondary N) is 2. The summed E-state index contributed by atoms with van der Waals surface area (Å²) in [6.45, 7) is 4.60. The topological polar surface area (TPSA) is 94.9 Å². The lowest BCUT2D eigenvalue weighted by Crippen LogP contribution is -2.26. The van der Waals surface area contributed by atoms with E-state index in [-0.39, 0.29) is 11.4 Å². The molecule has 0 spiro atoms. The minimum atomic E-state index is -3.69. The summed E-state index contributed by atoms with van der Waals surface area (Å²) in [7, 11) is -3.69. The van der Waals surface area contributed by atoms with Crippen molar-refractivity contribution in [1.29, 1.82) is 5.26 Å².